The first-order valence-corrected chi connectivity index (χ1v) is 8.27. The molecule has 1 aliphatic carbocycles. The minimum atomic E-state index is 0.429. The second-order valence-electron chi connectivity index (χ2n) is 6.51. The molecule has 0 unspecified atom stereocenters. The molecule has 23 heavy (non-hydrogen) atoms. The van der Waals surface area contributed by atoms with Gasteiger partial charge in [-0.25, -0.2) is 9.97 Å². The van der Waals surface area contributed by atoms with Gasteiger partial charge in [-0.15, -0.1) is 0 Å². The number of hydrogen-bond acceptors (Lipinski definition) is 2. The van der Waals surface area contributed by atoms with E-state index in [-0.39, 0.29) is 0 Å². The molecule has 0 aliphatic heterocycles. The van der Waals surface area contributed by atoms with Crippen molar-refractivity contribution >= 4 is 0 Å². The van der Waals surface area contributed by atoms with Crippen molar-refractivity contribution in [1.82, 2.24) is 14.5 Å². The summed E-state index contributed by atoms with van der Waals surface area (Å²) < 4.78 is 2.48. The third-order valence-electron chi connectivity index (χ3n) is 4.60. The zero-order chi connectivity index (χ0) is 16.0. The first-order valence-electron chi connectivity index (χ1n) is 8.27. The third-order valence-corrected chi connectivity index (χ3v) is 4.60. The summed E-state index contributed by atoms with van der Waals surface area (Å²) in [7, 11) is 0. The third kappa shape index (κ3) is 2.27. The van der Waals surface area contributed by atoms with E-state index in [0.717, 1.165) is 24.4 Å². The molecule has 0 spiro atoms. The van der Waals surface area contributed by atoms with E-state index in [2.05, 4.69) is 59.8 Å². The summed E-state index contributed by atoms with van der Waals surface area (Å²) in [5.74, 6) is 0.843. The monoisotopic (exact) mass is 303 g/mol. The zero-order valence-electron chi connectivity index (χ0n) is 13.9. The SMILES string of the molecule is Cc1ncc2c(n1)-c1cc(-c3ccccc3)n(C(C)C)c1CC2. The van der Waals surface area contributed by atoms with E-state index >= 15 is 0 Å². The van der Waals surface area contributed by atoms with E-state index in [4.69, 9.17) is 4.98 Å². The molecule has 3 aromatic rings. The Morgan fingerprint density at radius 2 is 1.87 bits per heavy atom. The smallest absolute Gasteiger partial charge is 0.125 e. The second-order valence-corrected chi connectivity index (χ2v) is 6.51. The molecule has 0 atom stereocenters. The van der Waals surface area contributed by atoms with Crippen molar-refractivity contribution in [3.05, 3.63) is 59.7 Å². The molecule has 0 saturated heterocycles. The Kier molecular flexibility index (Phi) is 3.29. The Morgan fingerprint density at radius 3 is 2.61 bits per heavy atom. The minimum absolute atomic E-state index is 0.429. The molecule has 3 heteroatoms. The maximum Gasteiger partial charge on any atom is 0.125 e. The van der Waals surface area contributed by atoms with Crippen molar-refractivity contribution in [2.75, 3.05) is 0 Å². The Morgan fingerprint density at radius 1 is 1.09 bits per heavy atom. The summed E-state index contributed by atoms with van der Waals surface area (Å²) in [5.41, 5.74) is 7.63. The Labute approximate surface area is 137 Å². The molecule has 0 radical (unpaired) electrons. The van der Waals surface area contributed by atoms with E-state index in [0.29, 0.717) is 6.04 Å². The van der Waals surface area contributed by atoms with E-state index in [1.165, 1.54) is 28.1 Å². The number of hydrogen-bond donors (Lipinski definition) is 0. The van der Waals surface area contributed by atoms with Gasteiger partial charge in [-0.3, -0.25) is 0 Å². The number of benzene rings is 1. The molecule has 4 rings (SSSR count). The molecule has 0 bridgehead atoms. The quantitative estimate of drug-likeness (QED) is 0.692. The van der Waals surface area contributed by atoms with Crippen molar-refractivity contribution < 1.29 is 0 Å². The Balaban J connectivity index is 1.98. The highest BCUT2D eigenvalue weighted by atomic mass is 15.0. The van der Waals surface area contributed by atoms with Gasteiger partial charge in [0.2, 0.25) is 0 Å². The van der Waals surface area contributed by atoms with E-state index < -0.39 is 0 Å². The molecular weight excluding hydrogens is 282 g/mol. The molecule has 0 amide bonds. The first-order chi connectivity index (χ1) is 11.1. The summed E-state index contributed by atoms with van der Waals surface area (Å²) in [5, 5.41) is 0. The van der Waals surface area contributed by atoms with E-state index in [1.54, 1.807) is 0 Å². The molecule has 0 fully saturated rings. The van der Waals surface area contributed by atoms with Gasteiger partial charge in [0.1, 0.15) is 5.82 Å². The van der Waals surface area contributed by atoms with Crippen molar-refractivity contribution in [3.8, 4) is 22.5 Å². The minimum Gasteiger partial charge on any atom is -0.341 e. The normalized spacial score (nSPS) is 13.0. The van der Waals surface area contributed by atoms with Crippen LogP contribution in [0, 0.1) is 6.92 Å². The van der Waals surface area contributed by atoms with Crippen molar-refractivity contribution in [3.63, 3.8) is 0 Å². The van der Waals surface area contributed by atoms with Crippen LogP contribution in [0.3, 0.4) is 0 Å². The largest absolute Gasteiger partial charge is 0.341 e. The van der Waals surface area contributed by atoms with Gasteiger partial charge in [-0.05, 0) is 50.8 Å². The van der Waals surface area contributed by atoms with Gasteiger partial charge in [0.15, 0.2) is 0 Å². The number of rotatable bonds is 2. The fourth-order valence-corrected chi connectivity index (χ4v) is 3.61. The Bertz CT molecular complexity index is 860. The average molecular weight is 303 g/mol. The summed E-state index contributed by atoms with van der Waals surface area (Å²) in [6, 6.07) is 13.4. The predicted octanol–water partition coefficient (Wildman–Crippen LogP) is 4.60. The zero-order valence-corrected chi connectivity index (χ0v) is 13.9. The van der Waals surface area contributed by atoms with Gasteiger partial charge in [0.25, 0.3) is 0 Å². The van der Waals surface area contributed by atoms with Crippen LogP contribution < -0.4 is 0 Å². The van der Waals surface area contributed by atoms with E-state index in [1.807, 2.05) is 13.1 Å². The van der Waals surface area contributed by atoms with Crippen LogP contribution in [0.2, 0.25) is 0 Å². The molecule has 0 saturated carbocycles. The molecular formula is C20H21N3. The van der Waals surface area contributed by atoms with Crippen LogP contribution in [0.4, 0.5) is 0 Å². The molecule has 1 aliphatic rings. The van der Waals surface area contributed by atoms with Crippen LogP contribution in [-0.4, -0.2) is 14.5 Å². The second kappa shape index (κ2) is 5.34. The summed E-state index contributed by atoms with van der Waals surface area (Å²) in [6.45, 7) is 6.48. The van der Waals surface area contributed by atoms with Crippen LogP contribution >= 0.6 is 0 Å². The highest BCUT2D eigenvalue weighted by Gasteiger charge is 2.25. The van der Waals surface area contributed by atoms with Crippen molar-refractivity contribution in [1.29, 1.82) is 0 Å². The van der Waals surface area contributed by atoms with Gasteiger partial charge < -0.3 is 4.57 Å². The summed E-state index contributed by atoms with van der Waals surface area (Å²) >= 11 is 0. The average Bonchev–Trinajstić information content (AvgIpc) is 2.96. The molecule has 2 aromatic heterocycles. The van der Waals surface area contributed by atoms with Gasteiger partial charge in [-0.1, -0.05) is 30.3 Å². The number of aryl methyl sites for hydroxylation is 2. The molecule has 2 heterocycles. The molecule has 116 valence electrons. The van der Waals surface area contributed by atoms with Gasteiger partial charge in [-0.2, -0.15) is 0 Å². The lowest BCUT2D eigenvalue weighted by Gasteiger charge is -2.21. The van der Waals surface area contributed by atoms with Crippen LogP contribution in [0.1, 0.15) is 37.0 Å². The maximum atomic E-state index is 4.74. The predicted molar refractivity (Wildman–Crippen MR) is 93.4 cm³/mol. The number of fused-ring (bicyclic) bond motifs is 3. The van der Waals surface area contributed by atoms with Crippen LogP contribution in [0.25, 0.3) is 22.5 Å². The van der Waals surface area contributed by atoms with Crippen LogP contribution in [0.15, 0.2) is 42.6 Å². The lowest BCUT2D eigenvalue weighted by molar-refractivity contribution is 0.579. The van der Waals surface area contributed by atoms with Crippen LogP contribution in [-0.2, 0) is 12.8 Å². The topological polar surface area (TPSA) is 30.7 Å². The number of nitrogens with zero attached hydrogens (tertiary/aromatic N) is 3. The van der Waals surface area contributed by atoms with Gasteiger partial charge in [0, 0.05) is 29.2 Å². The molecule has 0 N–H and O–H groups in total. The summed E-state index contributed by atoms with van der Waals surface area (Å²) in [4.78, 5) is 9.11. The van der Waals surface area contributed by atoms with Crippen molar-refractivity contribution in [2.24, 2.45) is 0 Å². The maximum absolute atomic E-state index is 4.74. The highest BCUT2D eigenvalue weighted by Crippen LogP contribution is 2.39. The van der Waals surface area contributed by atoms with Crippen molar-refractivity contribution in [2.45, 2.75) is 39.7 Å². The molecule has 1 aromatic carbocycles. The highest BCUT2D eigenvalue weighted by molar-refractivity contribution is 5.76. The Hall–Kier alpha value is -2.42. The lowest BCUT2D eigenvalue weighted by atomic mass is 9.95. The van der Waals surface area contributed by atoms with Gasteiger partial charge in [0.05, 0.1) is 5.69 Å². The lowest BCUT2D eigenvalue weighted by Crippen LogP contribution is -2.13. The molecule has 3 nitrogen and oxygen atoms in total. The van der Waals surface area contributed by atoms with E-state index in [9.17, 15) is 0 Å². The van der Waals surface area contributed by atoms with Gasteiger partial charge >= 0.3 is 0 Å². The first kappa shape index (κ1) is 14.2. The fourth-order valence-electron chi connectivity index (χ4n) is 3.61. The standard InChI is InChI=1S/C20H21N3/c1-13(2)23-18-10-9-16-12-21-14(3)22-20(16)17(18)11-19(23)15-7-5-4-6-8-15/h4-8,11-13H,9-10H2,1-3H3. The fraction of sp³-hybridized carbons (Fsp3) is 0.300. The number of aromatic nitrogens is 3. The summed E-state index contributed by atoms with van der Waals surface area (Å²) in [6.07, 6.45) is 4.07. The van der Waals surface area contributed by atoms with Crippen LogP contribution in [0.5, 0.6) is 0 Å².